The maximum absolute atomic E-state index is 10.8. The number of hydrazone groups is 1. The Bertz CT molecular complexity index is 883. The molecule has 0 unspecified atom stereocenters. The molecule has 3 aromatic rings. The maximum atomic E-state index is 10.8. The van der Waals surface area contributed by atoms with Crippen molar-refractivity contribution in [3.63, 3.8) is 0 Å². The fourth-order valence-electron chi connectivity index (χ4n) is 2.43. The highest BCUT2D eigenvalue weighted by molar-refractivity contribution is 5.99. The molecule has 0 saturated carbocycles. The molecule has 3 aromatic carbocycles. The zero-order chi connectivity index (χ0) is 17.6. The van der Waals surface area contributed by atoms with Crippen LogP contribution < -0.4 is 5.43 Å². The topological polar surface area (TPSA) is 61.7 Å². The van der Waals surface area contributed by atoms with Crippen molar-refractivity contribution in [2.24, 2.45) is 5.10 Å². The largest absolute Gasteiger partial charge is 0.478 e. The van der Waals surface area contributed by atoms with E-state index in [1.54, 1.807) is 24.3 Å². The minimum atomic E-state index is -0.940. The number of anilines is 1. The molecule has 4 nitrogen and oxygen atoms in total. The summed E-state index contributed by atoms with van der Waals surface area (Å²) in [6, 6.07) is 24.9. The summed E-state index contributed by atoms with van der Waals surface area (Å²) >= 11 is 0. The second-order valence-corrected chi connectivity index (χ2v) is 5.63. The van der Waals surface area contributed by atoms with Crippen LogP contribution in [-0.4, -0.2) is 16.8 Å². The van der Waals surface area contributed by atoms with Crippen LogP contribution in [0.4, 0.5) is 5.69 Å². The van der Waals surface area contributed by atoms with Gasteiger partial charge in [-0.15, -0.1) is 0 Å². The summed E-state index contributed by atoms with van der Waals surface area (Å²) in [5.41, 5.74) is 8.16. The lowest BCUT2D eigenvalue weighted by atomic mass is 10.0. The molecule has 0 aliphatic heterocycles. The van der Waals surface area contributed by atoms with Gasteiger partial charge in [-0.05, 0) is 47.9 Å². The first-order valence-corrected chi connectivity index (χ1v) is 7.93. The quantitative estimate of drug-likeness (QED) is 0.517. The third-order valence-corrected chi connectivity index (χ3v) is 3.89. The summed E-state index contributed by atoms with van der Waals surface area (Å²) in [7, 11) is 0. The minimum absolute atomic E-state index is 0.253. The van der Waals surface area contributed by atoms with E-state index in [4.69, 9.17) is 5.11 Å². The number of hydrogen-bond donors (Lipinski definition) is 2. The predicted molar refractivity (Wildman–Crippen MR) is 101 cm³/mol. The monoisotopic (exact) mass is 330 g/mol. The molecule has 25 heavy (non-hydrogen) atoms. The molecule has 0 radical (unpaired) electrons. The molecule has 0 atom stereocenters. The van der Waals surface area contributed by atoms with Crippen molar-refractivity contribution in [1.29, 1.82) is 0 Å². The van der Waals surface area contributed by atoms with Crippen LogP contribution >= 0.6 is 0 Å². The van der Waals surface area contributed by atoms with Gasteiger partial charge >= 0.3 is 5.97 Å². The van der Waals surface area contributed by atoms with E-state index in [1.807, 2.05) is 37.3 Å². The number of carbonyl (C=O) groups is 1. The molecular weight excluding hydrogens is 312 g/mol. The third kappa shape index (κ3) is 4.12. The maximum Gasteiger partial charge on any atom is 0.335 e. The summed E-state index contributed by atoms with van der Waals surface area (Å²) in [6.45, 7) is 1.93. The van der Waals surface area contributed by atoms with Gasteiger partial charge in [-0.2, -0.15) is 5.10 Å². The number of hydrogen-bond acceptors (Lipinski definition) is 3. The van der Waals surface area contributed by atoms with E-state index in [-0.39, 0.29) is 5.56 Å². The van der Waals surface area contributed by atoms with Crippen molar-refractivity contribution in [3.05, 3.63) is 90.0 Å². The fourth-order valence-corrected chi connectivity index (χ4v) is 2.43. The molecule has 0 bridgehead atoms. The summed E-state index contributed by atoms with van der Waals surface area (Å²) in [4.78, 5) is 10.8. The Labute approximate surface area is 146 Å². The summed E-state index contributed by atoms with van der Waals surface area (Å²) < 4.78 is 0. The Morgan fingerprint density at radius 2 is 1.36 bits per heavy atom. The molecule has 0 aliphatic rings. The number of carboxylic acids is 1. The zero-order valence-electron chi connectivity index (χ0n) is 13.8. The summed E-state index contributed by atoms with van der Waals surface area (Å²) in [5, 5.41) is 13.3. The molecule has 0 fully saturated rings. The first-order valence-electron chi connectivity index (χ1n) is 7.93. The van der Waals surface area contributed by atoms with Gasteiger partial charge in [0.15, 0.2) is 0 Å². The van der Waals surface area contributed by atoms with E-state index in [0.717, 1.165) is 22.5 Å². The molecule has 0 spiro atoms. The van der Waals surface area contributed by atoms with E-state index >= 15 is 0 Å². The zero-order valence-corrected chi connectivity index (χ0v) is 13.8. The van der Waals surface area contributed by atoms with Crippen molar-refractivity contribution < 1.29 is 9.90 Å². The number of nitrogens with zero attached hydrogens (tertiary/aromatic N) is 1. The third-order valence-electron chi connectivity index (χ3n) is 3.89. The molecule has 4 heteroatoms. The van der Waals surface area contributed by atoms with Crippen LogP contribution in [0.25, 0.3) is 11.1 Å². The minimum Gasteiger partial charge on any atom is -0.478 e. The van der Waals surface area contributed by atoms with Crippen LogP contribution in [0, 0.1) is 0 Å². The van der Waals surface area contributed by atoms with Crippen LogP contribution in [0.2, 0.25) is 0 Å². The lowest BCUT2D eigenvalue weighted by Gasteiger charge is -2.06. The van der Waals surface area contributed by atoms with Crippen LogP contribution in [-0.2, 0) is 0 Å². The highest BCUT2D eigenvalue weighted by Crippen LogP contribution is 2.19. The Morgan fingerprint density at radius 3 is 1.96 bits per heavy atom. The van der Waals surface area contributed by atoms with Gasteiger partial charge in [0.2, 0.25) is 0 Å². The second kappa shape index (κ2) is 7.45. The highest BCUT2D eigenvalue weighted by atomic mass is 16.4. The van der Waals surface area contributed by atoms with Gasteiger partial charge in [-0.3, -0.25) is 5.43 Å². The lowest BCUT2D eigenvalue weighted by molar-refractivity contribution is 0.0697. The van der Waals surface area contributed by atoms with Gasteiger partial charge in [0.1, 0.15) is 0 Å². The van der Waals surface area contributed by atoms with Crippen molar-refractivity contribution in [1.82, 2.24) is 0 Å². The van der Waals surface area contributed by atoms with E-state index < -0.39 is 5.97 Å². The van der Waals surface area contributed by atoms with Crippen molar-refractivity contribution in [3.8, 4) is 11.1 Å². The number of carboxylic acid groups (broad SMARTS) is 1. The van der Waals surface area contributed by atoms with Crippen molar-refractivity contribution in [2.75, 3.05) is 5.43 Å². The van der Waals surface area contributed by atoms with Gasteiger partial charge in [0.25, 0.3) is 0 Å². The van der Waals surface area contributed by atoms with Crippen molar-refractivity contribution >= 4 is 17.4 Å². The number of benzene rings is 3. The van der Waals surface area contributed by atoms with E-state index in [2.05, 4.69) is 34.8 Å². The van der Waals surface area contributed by atoms with Crippen LogP contribution in [0.1, 0.15) is 22.8 Å². The molecule has 2 N–H and O–H groups in total. The molecule has 0 heterocycles. The van der Waals surface area contributed by atoms with Gasteiger partial charge in [-0.25, -0.2) is 4.79 Å². The van der Waals surface area contributed by atoms with Crippen LogP contribution in [0.5, 0.6) is 0 Å². The SMILES string of the molecule is C/C(=N\Nc1ccc(C(=O)O)cc1)c1ccc(-c2ccccc2)cc1. The Morgan fingerprint density at radius 1 is 0.800 bits per heavy atom. The number of rotatable bonds is 5. The average molecular weight is 330 g/mol. The fraction of sp³-hybridized carbons (Fsp3) is 0.0476. The second-order valence-electron chi connectivity index (χ2n) is 5.63. The van der Waals surface area contributed by atoms with Crippen molar-refractivity contribution in [2.45, 2.75) is 6.92 Å². The Balaban J connectivity index is 1.70. The standard InChI is InChI=1S/C21H18N2O2/c1-15(22-23-20-13-11-19(12-14-20)21(24)25)16-7-9-18(10-8-16)17-5-3-2-4-6-17/h2-14,23H,1H3,(H,24,25)/b22-15+. The molecule has 124 valence electrons. The van der Waals surface area contributed by atoms with Crippen LogP contribution in [0.15, 0.2) is 84.0 Å². The van der Waals surface area contributed by atoms with Gasteiger partial charge in [0, 0.05) is 0 Å². The molecule has 0 aromatic heterocycles. The molecule has 0 saturated heterocycles. The Kier molecular flexibility index (Phi) is 4.90. The lowest BCUT2D eigenvalue weighted by Crippen LogP contribution is -2.00. The number of nitrogens with one attached hydrogen (secondary N) is 1. The van der Waals surface area contributed by atoms with Gasteiger partial charge in [-0.1, -0.05) is 54.6 Å². The molecular formula is C21H18N2O2. The Hall–Kier alpha value is -3.40. The first-order chi connectivity index (χ1) is 12.1. The molecule has 0 aliphatic carbocycles. The van der Waals surface area contributed by atoms with E-state index in [9.17, 15) is 4.79 Å². The predicted octanol–water partition coefficient (Wildman–Crippen LogP) is 4.89. The van der Waals surface area contributed by atoms with Gasteiger partial charge in [0.05, 0.1) is 17.0 Å². The molecule has 0 amide bonds. The summed E-state index contributed by atoms with van der Waals surface area (Å²) in [5.74, 6) is -0.940. The highest BCUT2D eigenvalue weighted by Gasteiger charge is 2.02. The number of aromatic carboxylic acids is 1. The first kappa shape index (κ1) is 16.5. The van der Waals surface area contributed by atoms with E-state index in [1.165, 1.54) is 5.56 Å². The van der Waals surface area contributed by atoms with E-state index in [0.29, 0.717) is 0 Å². The smallest absolute Gasteiger partial charge is 0.335 e. The average Bonchev–Trinajstić information content (AvgIpc) is 2.67. The normalized spacial score (nSPS) is 11.2. The van der Waals surface area contributed by atoms with Gasteiger partial charge < -0.3 is 5.11 Å². The molecule has 3 rings (SSSR count). The van der Waals surface area contributed by atoms with Crippen LogP contribution in [0.3, 0.4) is 0 Å². The summed E-state index contributed by atoms with van der Waals surface area (Å²) in [6.07, 6.45) is 0.